The van der Waals surface area contributed by atoms with E-state index in [4.69, 9.17) is 44.1 Å². The van der Waals surface area contributed by atoms with Gasteiger partial charge in [-0.05, 0) is 136 Å². The zero-order chi connectivity index (χ0) is 59.8. The van der Waals surface area contributed by atoms with E-state index in [1.54, 1.807) is 6.92 Å². The summed E-state index contributed by atoms with van der Waals surface area (Å²) in [5.41, 5.74) is 1.50. The monoisotopic (exact) mass is 1320 g/mol. The Morgan fingerprint density at radius 3 is 1.54 bits per heavy atom. The Kier molecular flexibility index (Phi) is 23.2. The number of rotatable bonds is 8. The molecule has 82 heavy (non-hydrogen) atoms. The molecule has 27 heteroatoms. The lowest BCUT2D eigenvalue weighted by Gasteiger charge is -2.50. The van der Waals surface area contributed by atoms with Gasteiger partial charge in [0, 0.05) is 73.2 Å². The smallest absolute Gasteiger partial charge is 0.403 e. The number of amides is 4. The maximum absolute atomic E-state index is 14.4. The van der Waals surface area contributed by atoms with Crippen LogP contribution in [0.4, 0.5) is 41.6 Å². The molecule has 0 aliphatic carbocycles. The fraction of sp³-hybridized carbons (Fsp3) is 0.673. The predicted molar refractivity (Wildman–Crippen MR) is 335 cm³/mol. The number of allylic oxidation sites excluding steroid dienone is 1. The number of nitrogens with one attached hydrogen (secondary N) is 4. The SMILES string of the molecule is C.C=CCB1OC(C)(C)C(C)(C)O1.CC(Cl)Cl.CCCc1ncc(F)c(Nc2n[nH]c3c2CN(C(=O)N2CC(C)(C)N(C)C[C@@H]2C)C3(C)C)n1.C[C@H]1CN(C)C(C)(C)CN1C(=O)N1Cc2c(Nc3nc(Cl)ncc3F)n[nH]c2C1(C)C.I. The van der Waals surface area contributed by atoms with Gasteiger partial charge in [-0.1, -0.05) is 20.4 Å². The zero-order valence-electron chi connectivity index (χ0n) is 50.4. The third-order valence-electron chi connectivity index (χ3n) is 16.3. The van der Waals surface area contributed by atoms with Crippen molar-refractivity contribution in [2.45, 2.75) is 201 Å². The minimum Gasteiger partial charge on any atom is -0.403 e. The molecule has 0 saturated carbocycles. The van der Waals surface area contributed by atoms with Crippen LogP contribution in [0.1, 0.15) is 153 Å². The van der Waals surface area contributed by atoms with Gasteiger partial charge in [-0.15, -0.1) is 53.8 Å². The van der Waals surface area contributed by atoms with Crippen LogP contribution < -0.4 is 10.6 Å². The number of aryl methyl sites for hydroxylation is 1. The van der Waals surface area contributed by atoms with Gasteiger partial charge in [0.2, 0.25) is 5.28 Å². The Balaban J connectivity index is 0.000000274. The molecule has 0 bridgehead atoms. The van der Waals surface area contributed by atoms with Crippen molar-refractivity contribution in [2.75, 3.05) is 50.9 Å². The van der Waals surface area contributed by atoms with Crippen molar-refractivity contribution in [2.24, 2.45) is 0 Å². The second kappa shape index (κ2) is 27.0. The number of hydrogen-bond donors (Lipinski definition) is 4. The highest BCUT2D eigenvalue weighted by Crippen LogP contribution is 2.44. The average molecular weight is 1320 g/mol. The Labute approximate surface area is 517 Å². The molecule has 20 nitrogen and oxygen atoms in total. The standard InChI is InChI=1S/C23H35FN8O.C20H28ClFN8O.C9H17BO2.C2H4Cl2.CH4.HI/c1-8-9-17-25-10-16(24)20(26-17)27-19-15-12-32(23(5,6)18(15)28-29-19)21(33)31-13-22(3,4)30(7)11-14(31)2;1-11-8-28(6)19(2,3)10-29(11)18(31)30-9-12-14(20(30,4)5)26-27-15(12)24-16-13(22)7-23-17(21)25-16;1-6-7-10-11-8(2,3)9(4,5)12-10;1-2(3)4;;/h10,14H,8-9,11-13H2,1-7H3,(H2,25,26,27,28,29);7,11H,8-10H2,1-6H3,(H2,23,24,25,26,27);6H,1,7H2,2-5H3;2H,1H3;1H4;1H/t14-;11-;;;;/m00..../s1. The van der Waals surface area contributed by atoms with Crippen LogP contribution in [0, 0.1) is 11.6 Å². The third kappa shape index (κ3) is 15.3. The molecule has 458 valence electrons. The van der Waals surface area contributed by atoms with Gasteiger partial charge in [0.15, 0.2) is 34.9 Å². The van der Waals surface area contributed by atoms with Gasteiger partial charge < -0.3 is 39.5 Å². The van der Waals surface area contributed by atoms with E-state index in [1.165, 1.54) is 6.20 Å². The van der Waals surface area contributed by atoms with Crippen molar-refractivity contribution in [3.05, 3.63) is 70.3 Å². The van der Waals surface area contributed by atoms with Crippen LogP contribution in [0.15, 0.2) is 25.0 Å². The van der Waals surface area contributed by atoms with Crippen molar-refractivity contribution in [3.8, 4) is 0 Å². The first-order valence-electron chi connectivity index (χ1n) is 27.2. The van der Waals surface area contributed by atoms with E-state index in [-0.39, 0.29) is 107 Å². The maximum atomic E-state index is 14.4. The van der Waals surface area contributed by atoms with Crippen LogP contribution in [-0.2, 0) is 39.9 Å². The first-order chi connectivity index (χ1) is 37.0. The molecule has 4 aromatic heterocycles. The Hall–Kier alpha value is -4.18. The summed E-state index contributed by atoms with van der Waals surface area (Å²) in [4.78, 5) is 55.2. The molecule has 5 aliphatic heterocycles. The molecule has 9 rings (SSSR count). The fourth-order valence-electron chi connectivity index (χ4n) is 10.2. The summed E-state index contributed by atoms with van der Waals surface area (Å²) in [6.07, 6.45) is 6.30. The van der Waals surface area contributed by atoms with Gasteiger partial charge in [-0.25, -0.2) is 33.3 Å². The zero-order valence-corrected chi connectivity index (χ0v) is 55.0. The van der Waals surface area contributed by atoms with Crippen LogP contribution in [0.5, 0.6) is 0 Å². The van der Waals surface area contributed by atoms with E-state index >= 15 is 0 Å². The molecule has 2 atom stereocenters. The highest BCUT2D eigenvalue weighted by molar-refractivity contribution is 14.0. The van der Waals surface area contributed by atoms with Gasteiger partial charge in [0.1, 0.15) is 10.7 Å². The number of nitrogens with zero attached hydrogens (tertiary/aromatic N) is 12. The number of aromatic nitrogens is 8. The van der Waals surface area contributed by atoms with Crippen LogP contribution in [0.25, 0.3) is 0 Å². The maximum Gasteiger partial charge on any atom is 0.461 e. The average Bonchev–Trinajstić information content (AvgIpc) is 3.40. The molecule has 0 radical (unpaired) electrons. The summed E-state index contributed by atoms with van der Waals surface area (Å²) in [7, 11) is 4.07. The molecular formula is C55H89BCl3F2IN16O4. The van der Waals surface area contributed by atoms with Crippen molar-refractivity contribution >= 4 is 101 Å². The number of piperazine rings is 2. The van der Waals surface area contributed by atoms with E-state index in [1.807, 2.05) is 60.3 Å². The highest BCUT2D eigenvalue weighted by atomic mass is 127. The molecule has 0 spiro atoms. The molecule has 4 N–H and O–H groups in total. The largest absolute Gasteiger partial charge is 0.461 e. The second-order valence-electron chi connectivity index (χ2n) is 24.6. The number of fused-ring (bicyclic) bond motifs is 2. The first-order valence-corrected chi connectivity index (χ1v) is 28.5. The Morgan fingerprint density at radius 1 is 0.756 bits per heavy atom. The minimum atomic E-state index is -0.639. The summed E-state index contributed by atoms with van der Waals surface area (Å²) in [6.45, 7) is 40.0. The van der Waals surface area contributed by atoms with Gasteiger partial charge in [0.05, 0.1) is 59.2 Å². The van der Waals surface area contributed by atoms with Gasteiger partial charge in [0.25, 0.3) is 0 Å². The number of carbonyl (C=O) groups excluding carboxylic acids is 2. The lowest BCUT2D eigenvalue weighted by molar-refractivity contribution is 0.00578. The number of anilines is 4. The number of likely N-dealkylation sites (N-methyl/N-ethyl adjacent to an activating group) is 2. The Morgan fingerprint density at radius 2 is 1.15 bits per heavy atom. The quantitative estimate of drug-likeness (QED) is 0.0426. The van der Waals surface area contributed by atoms with E-state index in [9.17, 15) is 18.4 Å². The molecule has 3 fully saturated rings. The number of aromatic amines is 2. The van der Waals surface area contributed by atoms with Crippen molar-refractivity contribution in [1.82, 2.24) is 69.7 Å². The van der Waals surface area contributed by atoms with E-state index < -0.39 is 22.7 Å². The fourth-order valence-corrected chi connectivity index (χ4v) is 10.4. The molecule has 4 amide bonds. The normalized spacial score (nSPS) is 21.5. The van der Waals surface area contributed by atoms with Crippen LogP contribution >= 0.6 is 58.8 Å². The van der Waals surface area contributed by atoms with E-state index in [0.717, 1.165) is 54.5 Å². The van der Waals surface area contributed by atoms with Gasteiger partial charge in [-0.3, -0.25) is 20.0 Å². The summed E-state index contributed by atoms with van der Waals surface area (Å²) in [5, 5.41) is 20.6. The molecular weight excluding hydrogens is 1230 g/mol. The van der Waals surface area contributed by atoms with Gasteiger partial charge >= 0.3 is 19.2 Å². The topological polar surface area (TPSA) is 205 Å². The summed E-state index contributed by atoms with van der Waals surface area (Å²) < 4.78 is 39.9. The van der Waals surface area contributed by atoms with Crippen LogP contribution in [-0.4, -0.2) is 168 Å². The number of H-pyrrole nitrogens is 2. The molecule has 0 unspecified atom stereocenters. The van der Waals surface area contributed by atoms with Crippen LogP contribution in [0.2, 0.25) is 11.6 Å². The molecule has 3 saturated heterocycles. The molecule has 4 aromatic rings. The number of halogens is 6. The number of urea groups is 2. The van der Waals surface area contributed by atoms with E-state index in [2.05, 4.69) is 151 Å². The van der Waals surface area contributed by atoms with Crippen molar-refractivity contribution in [3.63, 3.8) is 0 Å². The van der Waals surface area contributed by atoms with E-state index in [0.29, 0.717) is 50.1 Å². The Bertz CT molecular complexity index is 2840. The number of carbonyl (C=O) groups is 2. The second-order valence-corrected chi connectivity index (χ2v) is 26.5. The molecule has 5 aliphatic rings. The minimum absolute atomic E-state index is 0. The molecule has 9 heterocycles. The van der Waals surface area contributed by atoms with Gasteiger partial charge in [-0.2, -0.15) is 15.2 Å². The molecule has 0 aromatic carbocycles. The third-order valence-corrected chi connectivity index (χ3v) is 16.5. The summed E-state index contributed by atoms with van der Waals surface area (Å²) >= 11 is 15.9. The summed E-state index contributed by atoms with van der Waals surface area (Å²) in [6, 6.07) is 0.175. The first kappa shape index (κ1) is 70.3. The van der Waals surface area contributed by atoms with Crippen molar-refractivity contribution < 1.29 is 27.7 Å². The highest BCUT2D eigenvalue weighted by Gasteiger charge is 2.52. The lowest BCUT2D eigenvalue weighted by atomic mass is 9.85. The van der Waals surface area contributed by atoms with Crippen molar-refractivity contribution in [1.29, 1.82) is 0 Å². The predicted octanol–water partition coefficient (Wildman–Crippen LogP) is 12.3. The lowest BCUT2D eigenvalue weighted by Crippen LogP contribution is -2.65. The summed E-state index contributed by atoms with van der Waals surface area (Å²) in [5.74, 6) is 0.340. The van der Waals surface area contributed by atoms with Crippen LogP contribution in [0.3, 0.4) is 0 Å². The number of hydrogen-bond acceptors (Lipinski definition) is 14. The number of alkyl halides is 2.